The molecule has 1 aromatic carbocycles. The van der Waals surface area contributed by atoms with Gasteiger partial charge >= 0.3 is 0 Å². The van der Waals surface area contributed by atoms with Crippen LogP contribution in [-0.4, -0.2) is 32.4 Å². The molecule has 0 aliphatic heterocycles. The van der Waals surface area contributed by atoms with Crippen LogP contribution in [0.2, 0.25) is 0 Å². The minimum absolute atomic E-state index is 0.119. The van der Waals surface area contributed by atoms with Gasteiger partial charge in [0.15, 0.2) is 0 Å². The van der Waals surface area contributed by atoms with Gasteiger partial charge in [0.2, 0.25) is 0 Å². The van der Waals surface area contributed by atoms with Crippen molar-refractivity contribution in [3.05, 3.63) is 35.4 Å². The minimum atomic E-state index is 0.119. The normalized spacial score (nSPS) is 16.4. The Kier molecular flexibility index (Phi) is 6.68. The summed E-state index contributed by atoms with van der Waals surface area (Å²) in [4.78, 5) is 0. The molecule has 2 rings (SSSR count). The fourth-order valence-corrected chi connectivity index (χ4v) is 2.18. The molecule has 0 spiro atoms. The van der Waals surface area contributed by atoms with Gasteiger partial charge in [-0.2, -0.15) is 0 Å². The first-order valence-corrected chi connectivity index (χ1v) is 8.14. The van der Waals surface area contributed by atoms with Gasteiger partial charge in [-0.3, -0.25) is 0 Å². The summed E-state index contributed by atoms with van der Waals surface area (Å²) in [5.74, 6) is 0.578. The fourth-order valence-electron chi connectivity index (χ4n) is 2.18. The Bertz CT molecular complexity index is 398. The second-order valence-corrected chi connectivity index (χ2v) is 6.42. The maximum Gasteiger partial charge on any atom is 0.0950 e. The van der Waals surface area contributed by atoms with Crippen molar-refractivity contribution in [2.24, 2.45) is 5.92 Å². The lowest BCUT2D eigenvalue weighted by molar-refractivity contribution is -0.00144. The molecule has 3 nitrogen and oxygen atoms in total. The predicted octanol–water partition coefficient (Wildman–Crippen LogP) is 3.48. The lowest BCUT2D eigenvalue weighted by Crippen LogP contribution is -2.26. The largest absolute Gasteiger partial charge is 0.379 e. The molecule has 1 aliphatic rings. The average molecular weight is 291 g/mol. The van der Waals surface area contributed by atoms with Crippen LogP contribution in [0.1, 0.15) is 43.9 Å². The Morgan fingerprint density at radius 1 is 1.14 bits per heavy atom. The molecule has 1 aromatic rings. The average Bonchev–Trinajstić information content (AvgIpc) is 3.27. The quantitative estimate of drug-likeness (QED) is 0.670. The van der Waals surface area contributed by atoms with E-state index in [1.807, 2.05) is 0 Å². The van der Waals surface area contributed by atoms with Crippen LogP contribution in [0.4, 0.5) is 0 Å². The number of ether oxygens (including phenoxy) is 2. The van der Waals surface area contributed by atoms with Gasteiger partial charge in [-0.1, -0.05) is 43.7 Å². The van der Waals surface area contributed by atoms with E-state index in [0.717, 1.165) is 13.2 Å². The highest BCUT2D eigenvalue weighted by Gasteiger charge is 2.22. The number of hydrogen-bond donors (Lipinski definition) is 1. The van der Waals surface area contributed by atoms with Gasteiger partial charge in [0.25, 0.3) is 0 Å². The Hall–Kier alpha value is -0.900. The summed E-state index contributed by atoms with van der Waals surface area (Å²) < 4.78 is 11.6. The summed E-state index contributed by atoms with van der Waals surface area (Å²) in [7, 11) is 0. The summed E-state index contributed by atoms with van der Waals surface area (Å²) in [6, 6.07) is 9.35. The number of benzene rings is 1. The molecule has 21 heavy (non-hydrogen) atoms. The van der Waals surface area contributed by atoms with Gasteiger partial charge in [0.05, 0.1) is 19.3 Å². The molecule has 118 valence electrons. The Labute approximate surface area is 129 Å². The molecular weight excluding hydrogens is 262 g/mol. The van der Waals surface area contributed by atoms with Crippen LogP contribution in [0, 0.1) is 12.8 Å². The van der Waals surface area contributed by atoms with E-state index in [2.05, 4.69) is 50.4 Å². The van der Waals surface area contributed by atoms with Gasteiger partial charge in [-0.25, -0.2) is 0 Å². The zero-order chi connectivity index (χ0) is 15.1. The van der Waals surface area contributed by atoms with Gasteiger partial charge in [0.1, 0.15) is 0 Å². The molecule has 0 heterocycles. The standard InChI is InChI=1S/C18H29NO2/c1-14(2)13-20-10-11-21-18(12-19-17-8-9-17)16-6-4-15(3)5-7-16/h4-7,14,17-19H,8-13H2,1-3H3. The Morgan fingerprint density at radius 2 is 1.86 bits per heavy atom. The van der Waals surface area contributed by atoms with Crippen LogP contribution in [0.3, 0.4) is 0 Å². The van der Waals surface area contributed by atoms with Gasteiger partial charge in [-0.05, 0) is 31.2 Å². The molecule has 1 unspecified atom stereocenters. The van der Waals surface area contributed by atoms with Crippen molar-refractivity contribution in [2.45, 2.75) is 45.8 Å². The molecule has 0 aromatic heterocycles. The highest BCUT2D eigenvalue weighted by molar-refractivity contribution is 5.23. The lowest BCUT2D eigenvalue weighted by atomic mass is 10.1. The minimum Gasteiger partial charge on any atom is -0.379 e. The van der Waals surface area contributed by atoms with Gasteiger partial charge < -0.3 is 14.8 Å². The number of rotatable bonds is 10. The summed E-state index contributed by atoms with van der Waals surface area (Å²) in [6.07, 6.45) is 2.73. The molecular formula is C18H29NO2. The molecule has 0 radical (unpaired) electrons. The van der Waals surface area contributed by atoms with E-state index in [-0.39, 0.29) is 6.10 Å². The molecule has 1 aliphatic carbocycles. The van der Waals surface area contributed by atoms with Crippen molar-refractivity contribution in [3.8, 4) is 0 Å². The third-order valence-electron chi connectivity index (χ3n) is 3.62. The van der Waals surface area contributed by atoms with Crippen molar-refractivity contribution in [2.75, 3.05) is 26.4 Å². The highest BCUT2D eigenvalue weighted by atomic mass is 16.5. The van der Waals surface area contributed by atoms with Crippen LogP contribution in [0.25, 0.3) is 0 Å². The van der Waals surface area contributed by atoms with Gasteiger partial charge in [0, 0.05) is 19.2 Å². The van der Waals surface area contributed by atoms with E-state index in [0.29, 0.717) is 25.2 Å². The third kappa shape index (κ3) is 6.60. The molecule has 3 heteroatoms. The predicted molar refractivity (Wildman–Crippen MR) is 86.6 cm³/mol. The van der Waals surface area contributed by atoms with Crippen LogP contribution in [-0.2, 0) is 9.47 Å². The molecule has 1 fully saturated rings. The number of nitrogens with one attached hydrogen (secondary N) is 1. The molecule has 0 amide bonds. The van der Waals surface area contributed by atoms with Crippen molar-refractivity contribution < 1.29 is 9.47 Å². The number of hydrogen-bond acceptors (Lipinski definition) is 3. The second-order valence-electron chi connectivity index (χ2n) is 6.42. The highest BCUT2D eigenvalue weighted by Crippen LogP contribution is 2.22. The summed E-state index contributed by atoms with van der Waals surface area (Å²) in [5.41, 5.74) is 2.53. The third-order valence-corrected chi connectivity index (χ3v) is 3.62. The maximum absolute atomic E-state index is 6.04. The van der Waals surface area contributed by atoms with Crippen molar-refractivity contribution in [1.82, 2.24) is 5.32 Å². The van der Waals surface area contributed by atoms with Crippen LogP contribution in [0.5, 0.6) is 0 Å². The first-order valence-electron chi connectivity index (χ1n) is 8.14. The SMILES string of the molecule is Cc1ccc(C(CNC2CC2)OCCOCC(C)C)cc1. The van der Waals surface area contributed by atoms with Crippen LogP contribution >= 0.6 is 0 Å². The molecule has 0 saturated heterocycles. The summed E-state index contributed by atoms with van der Waals surface area (Å²) >= 11 is 0. The first kappa shape index (κ1) is 16.5. The summed E-state index contributed by atoms with van der Waals surface area (Å²) in [5, 5.41) is 3.56. The molecule has 1 N–H and O–H groups in total. The summed E-state index contributed by atoms with van der Waals surface area (Å²) in [6.45, 7) is 9.45. The second kappa shape index (κ2) is 8.52. The van der Waals surface area contributed by atoms with Crippen LogP contribution in [0.15, 0.2) is 24.3 Å². The van der Waals surface area contributed by atoms with Crippen molar-refractivity contribution in [1.29, 1.82) is 0 Å². The van der Waals surface area contributed by atoms with E-state index >= 15 is 0 Å². The Morgan fingerprint density at radius 3 is 2.48 bits per heavy atom. The number of aryl methyl sites for hydroxylation is 1. The molecule has 0 bridgehead atoms. The van der Waals surface area contributed by atoms with Gasteiger partial charge in [-0.15, -0.1) is 0 Å². The van der Waals surface area contributed by atoms with Crippen LogP contribution < -0.4 is 5.32 Å². The monoisotopic (exact) mass is 291 g/mol. The van der Waals surface area contributed by atoms with Crippen molar-refractivity contribution >= 4 is 0 Å². The fraction of sp³-hybridized carbons (Fsp3) is 0.667. The van der Waals surface area contributed by atoms with E-state index in [1.54, 1.807) is 0 Å². The van der Waals surface area contributed by atoms with E-state index in [4.69, 9.17) is 9.47 Å². The molecule has 1 atom stereocenters. The van der Waals surface area contributed by atoms with E-state index < -0.39 is 0 Å². The van der Waals surface area contributed by atoms with E-state index in [1.165, 1.54) is 24.0 Å². The maximum atomic E-state index is 6.04. The van der Waals surface area contributed by atoms with E-state index in [9.17, 15) is 0 Å². The molecule has 1 saturated carbocycles. The smallest absolute Gasteiger partial charge is 0.0950 e. The lowest BCUT2D eigenvalue weighted by Gasteiger charge is -2.19. The zero-order valence-electron chi connectivity index (χ0n) is 13.6. The zero-order valence-corrected chi connectivity index (χ0v) is 13.6. The topological polar surface area (TPSA) is 30.5 Å². The Balaban J connectivity index is 1.78. The van der Waals surface area contributed by atoms with Crippen molar-refractivity contribution in [3.63, 3.8) is 0 Å². The first-order chi connectivity index (χ1) is 10.1.